The largest absolute Gasteiger partial charge is 0.467 e. The summed E-state index contributed by atoms with van der Waals surface area (Å²) in [5.74, 6) is -0.956. The number of halogens is 2. The second-order valence-corrected chi connectivity index (χ2v) is 4.79. The zero-order valence-corrected chi connectivity index (χ0v) is 11.4. The Morgan fingerprint density at radius 1 is 1.59 bits per heavy atom. The van der Waals surface area contributed by atoms with Crippen LogP contribution in [0.4, 0.5) is 10.2 Å². The van der Waals surface area contributed by atoms with Gasteiger partial charge in [-0.25, -0.2) is 14.2 Å². The van der Waals surface area contributed by atoms with Crippen molar-refractivity contribution in [1.29, 1.82) is 0 Å². The third-order valence-electron chi connectivity index (χ3n) is 2.22. The highest BCUT2D eigenvalue weighted by Gasteiger charge is 2.24. The van der Waals surface area contributed by atoms with Crippen molar-refractivity contribution in [2.75, 3.05) is 12.4 Å². The van der Waals surface area contributed by atoms with Gasteiger partial charge in [0, 0.05) is 10.7 Å². The van der Waals surface area contributed by atoms with E-state index in [4.69, 9.17) is 0 Å². The van der Waals surface area contributed by atoms with Crippen molar-refractivity contribution in [3.05, 3.63) is 22.6 Å². The minimum Gasteiger partial charge on any atom is -0.467 e. The van der Waals surface area contributed by atoms with Crippen LogP contribution in [0.1, 0.15) is 13.8 Å². The fraction of sp³-hybridized carbons (Fsp3) is 0.455. The quantitative estimate of drug-likeness (QED) is 0.869. The van der Waals surface area contributed by atoms with Gasteiger partial charge in [-0.3, -0.25) is 0 Å². The Morgan fingerprint density at radius 3 is 2.71 bits per heavy atom. The van der Waals surface area contributed by atoms with Crippen LogP contribution in [-0.4, -0.2) is 24.1 Å². The van der Waals surface area contributed by atoms with Gasteiger partial charge < -0.3 is 10.1 Å². The molecule has 4 nitrogen and oxygen atoms in total. The molecule has 1 unspecified atom stereocenters. The van der Waals surface area contributed by atoms with E-state index < -0.39 is 17.8 Å². The average molecular weight is 305 g/mol. The maximum atomic E-state index is 13.5. The topological polar surface area (TPSA) is 51.2 Å². The number of rotatable bonds is 4. The van der Waals surface area contributed by atoms with E-state index in [2.05, 4.69) is 31.0 Å². The standard InChI is InChI=1S/C11H14BrFN2O2/c1-6(2)9(11(16)17-3)15-10-8(13)4-7(12)5-14-10/h4-6,9H,1-3H3,(H,14,15). The molecule has 0 radical (unpaired) electrons. The van der Waals surface area contributed by atoms with Crippen LogP contribution in [0, 0.1) is 11.7 Å². The highest BCUT2D eigenvalue weighted by atomic mass is 79.9. The molecule has 17 heavy (non-hydrogen) atoms. The summed E-state index contributed by atoms with van der Waals surface area (Å²) in [5, 5.41) is 2.74. The molecule has 6 heteroatoms. The van der Waals surface area contributed by atoms with Crippen LogP contribution < -0.4 is 5.32 Å². The number of pyridine rings is 1. The van der Waals surface area contributed by atoms with Gasteiger partial charge in [-0.2, -0.15) is 0 Å². The summed E-state index contributed by atoms with van der Waals surface area (Å²) in [6, 6.07) is 0.660. The molecular formula is C11H14BrFN2O2. The van der Waals surface area contributed by atoms with Gasteiger partial charge in [-0.1, -0.05) is 13.8 Å². The minimum atomic E-state index is -0.622. The Kier molecular flexibility index (Phi) is 4.86. The van der Waals surface area contributed by atoms with Crippen molar-refractivity contribution in [2.24, 2.45) is 5.92 Å². The van der Waals surface area contributed by atoms with E-state index in [1.165, 1.54) is 19.4 Å². The number of hydrogen-bond acceptors (Lipinski definition) is 4. The molecule has 0 aromatic carbocycles. The normalized spacial score (nSPS) is 12.4. The predicted molar refractivity (Wildman–Crippen MR) is 66.2 cm³/mol. The number of anilines is 1. The Hall–Kier alpha value is -1.17. The first-order valence-electron chi connectivity index (χ1n) is 5.11. The first-order chi connectivity index (χ1) is 7.95. The first kappa shape index (κ1) is 13.9. The van der Waals surface area contributed by atoms with Crippen molar-refractivity contribution in [3.8, 4) is 0 Å². The van der Waals surface area contributed by atoms with Crippen molar-refractivity contribution in [2.45, 2.75) is 19.9 Å². The van der Waals surface area contributed by atoms with E-state index in [9.17, 15) is 9.18 Å². The molecule has 0 aliphatic heterocycles. The summed E-state index contributed by atoms with van der Waals surface area (Å²) in [6.45, 7) is 3.68. The van der Waals surface area contributed by atoms with E-state index in [-0.39, 0.29) is 11.7 Å². The summed E-state index contributed by atoms with van der Waals surface area (Å²) >= 11 is 3.11. The van der Waals surface area contributed by atoms with Crippen LogP contribution >= 0.6 is 15.9 Å². The molecule has 1 atom stereocenters. The smallest absolute Gasteiger partial charge is 0.328 e. The summed E-state index contributed by atoms with van der Waals surface area (Å²) in [4.78, 5) is 15.4. The maximum absolute atomic E-state index is 13.5. The number of carbonyl (C=O) groups excluding carboxylic acids is 1. The lowest BCUT2D eigenvalue weighted by molar-refractivity contribution is -0.142. The van der Waals surface area contributed by atoms with Crippen LogP contribution in [-0.2, 0) is 9.53 Å². The molecular weight excluding hydrogens is 291 g/mol. The summed E-state index contributed by atoms with van der Waals surface area (Å²) in [5.41, 5.74) is 0. The molecule has 0 aliphatic carbocycles. The van der Waals surface area contributed by atoms with Crippen molar-refractivity contribution >= 4 is 27.7 Å². The van der Waals surface area contributed by atoms with Crippen LogP contribution in [0.3, 0.4) is 0 Å². The van der Waals surface area contributed by atoms with Gasteiger partial charge in [-0.15, -0.1) is 0 Å². The number of methoxy groups -OCH3 is 1. The van der Waals surface area contributed by atoms with Crippen molar-refractivity contribution in [3.63, 3.8) is 0 Å². The molecule has 1 aromatic heterocycles. The molecule has 1 N–H and O–H groups in total. The number of nitrogens with zero attached hydrogens (tertiary/aromatic N) is 1. The fourth-order valence-electron chi connectivity index (χ4n) is 1.29. The Bertz CT molecular complexity index is 412. The zero-order valence-electron chi connectivity index (χ0n) is 9.83. The Morgan fingerprint density at radius 2 is 2.24 bits per heavy atom. The molecule has 1 rings (SSSR count). The highest BCUT2D eigenvalue weighted by Crippen LogP contribution is 2.18. The summed E-state index contributed by atoms with van der Waals surface area (Å²) < 4.78 is 18.7. The van der Waals surface area contributed by atoms with Gasteiger partial charge in [0.05, 0.1) is 7.11 Å². The zero-order chi connectivity index (χ0) is 13.0. The molecule has 1 heterocycles. The first-order valence-corrected chi connectivity index (χ1v) is 5.90. The minimum absolute atomic E-state index is 0.0349. The van der Waals surface area contributed by atoms with Gasteiger partial charge >= 0.3 is 5.97 Å². The van der Waals surface area contributed by atoms with E-state index in [0.29, 0.717) is 4.47 Å². The number of ether oxygens (including phenoxy) is 1. The third-order valence-corrected chi connectivity index (χ3v) is 2.66. The van der Waals surface area contributed by atoms with E-state index in [1.54, 1.807) is 0 Å². The lowest BCUT2D eigenvalue weighted by atomic mass is 10.0. The molecule has 94 valence electrons. The van der Waals surface area contributed by atoms with Crippen LogP contribution in [0.15, 0.2) is 16.7 Å². The fourth-order valence-corrected chi connectivity index (χ4v) is 1.60. The second kappa shape index (κ2) is 5.95. The second-order valence-electron chi connectivity index (χ2n) is 3.87. The molecule has 0 amide bonds. The number of esters is 1. The average Bonchev–Trinajstić information content (AvgIpc) is 2.26. The molecule has 0 fully saturated rings. The number of aromatic nitrogens is 1. The maximum Gasteiger partial charge on any atom is 0.328 e. The molecule has 0 saturated carbocycles. The van der Waals surface area contributed by atoms with Gasteiger partial charge in [0.25, 0.3) is 0 Å². The van der Waals surface area contributed by atoms with Crippen LogP contribution in [0.5, 0.6) is 0 Å². The predicted octanol–water partition coefficient (Wildman–Crippen LogP) is 2.59. The van der Waals surface area contributed by atoms with Crippen LogP contribution in [0.25, 0.3) is 0 Å². The molecule has 1 aromatic rings. The third kappa shape index (κ3) is 3.66. The lowest BCUT2D eigenvalue weighted by Gasteiger charge is -2.20. The van der Waals surface area contributed by atoms with Gasteiger partial charge in [0.1, 0.15) is 6.04 Å². The van der Waals surface area contributed by atoms with Gasteiger partial charge in [0.2, 0.25) is 0 Å². The monoisotopic (exact) mass is 304 g/mol. The van der Waals surface area contributed by atoms with E-state index >= 15 is 0 Å². The van der Waals surface area contributed by atoms with Crippen molar-refractivity contribution < 1.29 is 13.9 Å². The van der Waals surface area contributed by atoms with Crippen LogP contribution in [0.2, 0.25) is 0 Å². The van der Waals surface area contributed by atoms with E-state index in [1.807, 2.05) is 13.8 Å². The Balaban J connectivity index is 2.90. The number of carbonyl (C=O) groups is 1. The molecule has 0 saturated heterocycles. The number of nitrogens with one attached hydrogen (secondary N) is 1. The van der Waals surface area contributed by atoms with Gasteiger partial charge in [-0.05, 0) is 27.9 Å². The van der Waals surface area contributed by atoms with Gasteiger partial charge in [0.15, 0.2) is 11.6 Å². The summed E-state index contributed by atoms with van der Waals surface area (Å²) in [7, 11) is 1.30. The number of hydrogen-bond donors (Lipinski definition) is 1. The lowest BCUT2D eigenvalue weighted by Crippen LogP contribution is -2.36. The highest BCUT2D eigenvalue weighted by molar-refractivity contribution is 9.10. The summed E-state index contributed by atoms with van der Waals surface area (Å²) in [6.07, 6.45) is 1.46. The van der Waals surface area contributed by atoms with Crippen molar-refractivity contribution in [1.82, 2.24) is 4.98 Å². The molecule has 0 spiro atoms. The van der Waals surface area contributed by atoms with E-state index in [0.717, 1.165) is 0 Å². The molecule has 0 aliphatic rings. The SMILES string of the molecule is COC(=O)C(Nc1ncc(Br)cc1F)C(C)C. The Labute approximate surface area is 108 Å². The molecule has 0 bridgehead atoms.